The van der Waals surface area contributed by atoms with E-state index in [2.05, 4.69) is 0 Å². The molecule has 2 fully saturated rings. The third-order valence-electron chi connectivity index (χ3n) is 5.50. The minimum atomic E-state index is -0.0504. The maximum atomic E-state index is 12.9. The molecule has 138 valence electrons. The second-order valence-electron chi connectivity index (χ2n) is 7.66. The molecule has 1 heterocycles. The summed E-state index contributed by atoms with van der Waals surface area (Å²) in [5.41, 5.74) is 0. The maximum absolute atomic E-state index is 12.9. The number of methoxy groups -OCH3 is 1. The summed E-state index contributed by atoms with van der Waals surface area (Å²) in [6, 6.07) is 0.164. The highest BCUT2D eigenvalue weighted by molar-refractivity contribution is 5.84. The third-order valence-corrected chi connectivity index (χ3v) is 5.50. The van der Waals surface area contributed by atoms with Gasteiger partial charge < -0.3 is 14.5 Å². The lowest BCUT2D eigenvalue weighted by molar-refractivity contribution is -0.145. The van der Waals surface area contributed by atoms with Gasteiger partial charge in [-0.2, -0.15) is 0 Å². The standard InChI is InChI=1S/C19H34N2O3/c1-15(2)21(11-12-24-3)19(23)17-9-10-18(22)20(14-17)13-16-7-5-4-6-8-16/h15-17H,4-14H2,1-3H3/t17-/m1/s1. The van der Waals surface area contributed by atoms with E-state index in [4.69, 9.17) is 4.74 Å². The molecule has 0 N–H and O–H groups in total. The molecule has 1 atom stereocenters. The molecule has 5 nitrogen and oxygen atoms in total. The molecule has 0 aromatic carbocycles. The maximum Gasteiger partial charge on any atom is 0.227 e. The Balaban J connectivity index is 1.94. The van der Waals surface area contributed by atoms with Crippen LogP contribution in [0.4, 0.5) is 0 Å². The van der Waals surface area contributed by atoms with Gasteiger partial charge in [0.2, 0.25) is 11.8 Å². The van der Waals surface area contributed by atoms with Crippen molar-refractivity contribution in [2.45, 2.75) is 64.8 Å². The van der Waals surface area contributed by atoms with Crippen molar-refractivity contribution >= 4 is 11.8 Å². The Morgan fingerprint density at radius 1 is 1.25 bits per heavy atom. The molecule has 0 unspecified atom stereocenters. The highest BCUT2D eigenvalue weighted by Gasteiger charge is 2.34. The summed E-state index contributed by atoms with van der Waals surface area (Å²) in [6.45, 7) is 6.72. The van der Waals surface area contributed by atoms with E-state index in [1.54, 1.807) is 7.11 Å². The average molecular weight is 338 g/mol. The van der Waals surface area contributed by atoms with Crippen molar-refractivity contribution in [1.29, 1.82) is 0 Å². The van der Waals surface area contributed by atoms with Crippen LogP contribution in [-0.2, 0) is 14.3 Å². The number of nitrogens with zero attached hydrogens (tertiary/aromatic N) is 2. The number of likely N-dealkylation sites (tertiary alicyclic amines) is 1. The molecule has 0 aromatic heterocycles. The van der Waals surface area contributed by atoms with Gasteiger partial charge >= 0.3 is 0 Å². The molecule has 1 saturated heterocycles. The fraction of sp³-hybridized carbons (Fsp3) is 0.895. The first-order valence-electron chi connectivity index (χ1n) is 9.60. The normalized spacial score (nSPS) is 22.9. The monoisotopic (exact) mass is 338 g/mol. The van der Waals surface area contributed by atoms with Gasteiger partial charge in [-0.3, -0.25) is 9.59 Å². The van der Waals surface area contributed by atoms with E-state index in [1.807, 2.05) is 23.6 Å². The smallest absolute Gasteiger partial charge is 0.227 e. The number of piperidine rings is 1. The molecule has 24 heavy (non-hydrogen) atoms. The number of carbonyl (C=O) groups excluding carboxylic acids is 2. The molecular weight excluding hydrogens is 304 g/mol. The van der Waals surface area contributed by atoms with Crippen LogP contribution >= 0.6 is 0 Å². The summed E-state index contributed by atoms with van der Waals surface area (Å²) < 4.78 is 5.14. The van der Waals surface area contributed by atoms with Crippen LogP contribution in [0.25, 0.3) is 0 Å². The lowest BCUT2D eigenvalue weighted by Crippen LogP contribution is -2.50. The van der Waals surface area contributed by atoms with Crippen molar-refractivity contribution < 1.29 is 14.3 Å². The van der Waals surface area contributed by atoms with Crippen LogP contribution in [0.3, 0.4) is 0 Å². The van der Waals surface area contributed by atoms with E-state index in [0.29, 0.717) is 38.5 Å². The van der Waals surface area contributed by atoms with Gasteiger partial charge in [-0.05, 0) is 39.0 Å². The van der Waals surface area contributed by atoms with E-state index in [-0.39, 0.29) is 23.8 Å². The highest BCUT2D eigenvalue weighted by atomic mass is 16.5. The Morgan fingerprint density at radius 3 is 2.58 bits per heavy atom. The molecule has 0 aromatic rings. The topological polar surface area (TPSA) is 49.9 Å². The number of hydrogen-bond donors (Lipinski definition) is 0. The zero-order chi connectivity index (χ0) is 17.5. The van der Waals surface area contributed by atoms with E-state index in [9.17, 15) is 9.59 Å². The first-order valence-corrected chi connectivity index (χ1v) is 9.60. The Morgan fingerprint density at radius 2 is 1.96 bits per heavy atom. The fourth-order valence-corrected chi connectivity index (χ4v) is 4.02. The summed E-state index contributed by atoms with van der Waals surface area (Å²) in [7, 11) is 1.66. The Bertz CT molecular complexity index is 419. The molecule has 1 saturated carbocycles. The van der Waals surface area contributed by atoms with Gasteiger partial charge in [0.25, 0.3) is 0 Å². The van der Waals surface area contributed by atoms with Gasteiger partial charge in [0, 0.05) is 39.2 Å². The first kappa shape index (κ1) is 19.2. The number of rotatable bonds is 7. The molecule has 1 aliphatic heterocycles. The predicted octanol–water partition coefficient (Wildman–Crippen LogP) is 2.69. The lowest BCUT2D eigenvalue weighted by Gasteiger charge is -2.38. The van der Waals surface area contributed by atoms with Gasteiger partial charge in [0.05, 0.1) is 12.5 Å². The van der Waals surface area contributed by atoms with Crippen LogP contribution in [0.5, 0.6) is 0 Å². The fourth-order valence-electron chi connectivity index (χ4n) is 4.02. The van der Waals surface area contributed by atoms with Gasteiger partial charge in [0.1, 0.15) is 0 Å². The van der Waals surface area contributed by atoms with Crippen LogP contribution in [0.1, 0.15) is 58.8 Å². The molecule has 0 bridgehead atoms. The molecular formula is C19H34N2O3. The second-order valence-corrected chi connectivity index (χ2v) is 7.66. The van der Waals surface area contributed by atoms with Crippen molar-refractivity contribution in [3.05, 3.63) is 0 Å². The van der Waals surface area contributed by atoms with Crippen molar-refractivity contribution in [2.24, 2.45) is 11.8 Å². The molecule has 2 aliphatic rings. The molecule has 2 amide bonds. The van der Waals surface area contributed by atoms with Gasteiger partial charge in [-0.25, -0.2) is 0 Å². The highest BCUT2D eigenvalue weighted by Crippen LogP contribution is 2.27. The van der Waals surface area contributed by atoms with Crippen molar-refractivity contribution in [2.75, 3.05) is 33.4 Å². The summed E-state index contributed by atoms with van der Waals surface area (Å²) in [5, 5.41) is 0. The van der Waals surface area contributed by atoms with Gasteiger partial charge in [-0.1, -0.05) is 19.3 Å². The largest absolute Gasteiger partial charge is 0.383 e. The van der Waals surface area contributed by atoms with Crippen LogP contribution in [0.15, 0.2) is 0 Å². The second kappa shape index (κ2) is 9.40. The predicted molar refractivity (Wildman–Crippen MR) is 94.6 cm³/mol. The summed E-state index contributed by atoms with van der Waals surface area (Å²) in [4.78, 5) is 29.1. The first-order chi connectivity index (χ1) is 11.5. The molecule has 5 heteroatoms. The number of ether oxygens (including phenoxy) is 1. The SMILES string of the molecule is COCCN(C(=O)[C@@H]1CCC(=O)N(CC2CCCCC2)C1)C(C)C. The summed E-state index contributed by atoms with van der Waals surface area (Å²) in [5.74, 6) is 0.998. The Kier molecular flexibility index (Phi) is 7.53. The Hall–Kier alpha value is -1.10. The number of hydrogen-bond acceptors (Lipinski definition) is 3. The van der Waals surface area contributed by atoms with Crippen molar-refractivity contribution in [3.63, 3.8) is 0 Å². The van der Waals surface area contributed by atoms with Gasteiger partial charge in [-0.15, -0.1) is 0 Å². The Labute approximate surface area is 146 Å². The number of carbonyl (C=O) groups is 2. The zero-order valence-electron chi connectivity index (χ0n) is 15.6. The van der Waals surface area contributed by atoms with Gasteiger partial charge in [0.15, 0.2) is 0 Å². The number of amides is 2. The minimum Gasteiger partial charge on any atom is -0.383 e. The molecule has 0 spiro atoms. The van der Waals surface area contributed by atoms with E-state index in [0.717, 1.165) is 6.54 Å². The minimum absolute atomic E-state index is 0.0504. The van der Waals surface area contributed by atoms with Crippen LogP contribution in [-0.4, -0.2) is 61.0 Å². The summed E-state index contributed by atoms with van der Waals surface area (Å²) >= 11 is 0. The third kappa shape index (κ3) is 5.20. The lowest BCUT2D eigenvalue weighted by atomic mass is 9.87. The zero-order valence-corrected chi connectivity index (χ0v) is 15.6. The van der Waals surface area contributed by atoms with Crippen molar-refractivity contribution in [1.82, 2.24) is 9.80 Å². The quantitative estimate of drug-likeness (QED) is 0.717. The van der Waals surface area contributed by atoms with Crippen LogP contribution in [0, 0.1) is 11.8 Å². The van der Waals surface area contributed by atoms with E-state index in [1.165, 1.54) is 32.1 Å². The van der Waals surface area contributed by atoms with Crippen LogP contribution in [0.2, 0.25) is 0 Å². The molecule has 0 radical (unpaired) electrons. The van der Waals surface area contributed by atoms with Crippen LogP contribution < -0.4 is 0 Å². The van der Waals surface area contributed by atoms with Crippen molar-refractivity contribution in [3.8, 4) is 0 Å². The molecule has 2 rings (SSSR count). The average Bonchev–Trinajstić information content (AvgIpc) is 2.57. The van der Waals surface area contributed by atoms with E-state index < -0.39 is 0 Å². The van der Waals surface area contributed by atoms with E-state index >= 15 is 0 Å². The molecule has 1 aliphatic carbocycles. The summed E-state index contributed by atoms with van der Waals surface area (Å²) in [6.07, 6.45) is 7.56.